The van der Waals surface area contributed by atoms with Crippen LogP contribution in [0.5, 0.6) is 0 Å². The highest BCUT2D eigenvalue weighted by atomic mass is 19.2. The maximum absolute atomic E-state index is 13.0. The number of nitrogens with zero attached hydrogens (tertiary/aromatic N) is 2. The second kappa shape index (κ2) is 5.24. The molecule has 0 radical (unpaired) electrons. The largest absolute Gasteiger partial charge is 0.396 e. The van der Waals surface area contributed by atoms with Crippen molar-refractivity contribution >= 4 is 17.3 Å². The molecule has 106 valence electrons. The quantitative estimate of drug-likeness (QED) is 0.848. The first-order chi connectivity index (χ1) is 9.43. The van der Waals surface area contributed by atoms with Crippen molar-refractivity contribution in [2.24, 2.45) is 0 Å². The Bertz CT molecular complexity index is 646. The van der Waals surface area contributed by atoms with Crippen molar-refractivity contribution in [3.8, 4) is 0 Å². The Hall–Kier alpha value is -2.51. The molecule has 0 fully saturated rings. The van der Waals surface area contributed by atoms with Crippen molar-refractivity contribution in [3.63, 3.8) is 0 Å². The molecule has 0 bridgehead atoms. The first-order valence-electron chi connectivity index (χ1n) is 5.71. The summed E-state index contributed by atoms with van der Waals surface area (Å²) in [4.78, 5) is 12.0. The number of aryl methyl sites for hydroxylation is 1. The van der Waals surface area contributed by atoms with Crippen LogP contribution >= 0.6 is 0 Å². The van der Waals surface area contributed by atoms with E-state index in [1.807, 2.05) is 0 Å². The molecule has 1 heterocycles. The molecule has 20 heavy (non-hydrogen) atoms. The van der Waals surface area contributed by atoms with Gasteiger partial charge in [-0.05, 0) is 6.92 Å². The van der Waals surface area contributed by atoms with Gasteiger partial charge in [0.05, 0.1) is 11.9 Å². The van der Waals surface area contributed by atoms with E-state index in [1.54, 1.807) is 6.92 Å². The van der Waals surface area contributed by atoms with Gasteiger partial charge in [0.2, 0.25) is 0 Å². The van der Waals surface area contributed by atoms with E-state index in [0.29, 0.717) is 18.7 Å². The van der Waals surface area contributed by atoms with Crippen molar-refractivity contribution in [3.05, 3.63) is 41.5 Å². The summed E-state index contributed by atoms with van der Waals surface area (Å²) in [5.74, 6) is -5.07. The predicted molar refractivity (Wildman–Crippen MR) is 66.6 cm³/mol. The highest BCUT2D eigenvalue weighted by molar-refractivity contribution is 6.06. The Balaban J connectivity index is 2.30. The number of nitrogens with two attached hydrogens (primary N) is 1. The van der Waals surface area contributed by atoms with Crippen LogP contribution in [0, 0.1) is 17.5 Å². The fourth-order valence-corrected chi connectivity index (χ4v) is 1.71. The molecule has 2 aromatic rings. The van der Waals surface area contributed by atoms with E-state index in [-0.39, 0.29) is 17.1 Å². The van der Waals surface area contributed by atoms with E-state index in [0.717, 1.165) is 0 Å². The molecule has 3 N–H and O–H groups in total. The number of amides is 1. The number of hydrogen-bond acceptors (Lipinski definition) is 3. The number of hydrogen-bond donors (Lipinski definition) is 2. The van der Waals surface area contributed by atoms with Crippen LogP contribution in [0.4, 0.5) is 24.5 Å². The van der Waals surface area contributed by atoms with Crippen LogP contribution in [0.2, 0.25) is 0 Å². The molecular formula is C12H11F3N4O. The van der Waals surface area contributed by atoms with Crippen LogP contribution in [0.15, 0.2) is 18.3 Å². The molecule has 0 aliphatic heterocycles. The second-order valence-corrected chi connectivity index (χ2v) is 3.97. The summed E-state index contributed by atoms with van der Waals surface area (Å²) < 4.78 is 40.2. The molecule has 8 heteroatoms. The average molecular weight is 284 g/mol. The van der Waals surface area contributed by atoms with Gasteiger partial charge in [0.25, 0.3) is 5.91 Å². The smallest absolute Gasteiger partial charge is 0.276 e. The van der Waals surface area contributed by atoms with Crippen LogP contribution in [-0.4, -0.2) is 15.7 Å². The summed E-state index contributed by atoms with van der Waals surface area (Å²) in [6, 6.07) is 1.36. The molecule has 0 spiro atoms. The molecular weight excluding hydrogens is 273 g/mol. The third-order valence-corrected chi connectivity index (χ3v) is 2.62. The third kappa shape index (κ3) is 2.44. The van der Waals surface area contributed by atoms with Gasteiger partial charge in [-0.2, -0.15) is 5.10 Å². The van der Waals surface area contributed by atoms with Crippen LogP contribution in [0.1, 0.15) is 17.4 Å². The summed E-state index contributed by atoms with van der Waals surface area (Å²) in [5, 5.41) is 6.11. The van der Waals surface area contributed by atoms with Crippen LogP contribution in [0.3, 0.4) is 0 Å². The number of nitrogens with one attached hydrogen (secondary N) is 1. The Morgan fingerprint density at radius 3 is 2.50 bits per heavy atom. The zero-order valence-electron chi connectivity index (χ0n) is 10.5. The number of carbonyl (C=O) groups excluding carboxylic acids is 1. The summed E-state index contributed by atoms with van der Waals surface area (Å²) in [7, 11) is 0. The van der Waals surface area contributed by atoms with Crippen molar-refractivity contribution in [2.45, 2.75) is 13.5 Å². The number of carbonyl (C=O) groups is 1. The molecule has 5 nitrogen and oxygen atoms in total. The topological polar surface area (TPSA) is 72.9 Å². The van der Waals surface area contributed by atoms with E-state index in [9.17, 15) is 18.0 Å². The summed E-state index contributed by atoms with van der Waals surface area (Å²) in [6.45, 7) is 2.15. The fraction of sp³-hybridized carbons (Fsp3) is 0.167. The van der Waals surface area contributed by atoms with Gasteiger partial charge >= 0.3 is 0 Å². The molecule has 1 aromatic heterocycles. The minimum absolute atomic E-state index is 0.0673. The van der Waals surface area contributed by atoms with E-state index < -0.39 is 23.4 Å². The number of benzene rings is 1. The normalized spacial score (nSPS) is 10.6. The number of nitrogen functional groups attached to an aromatic ring is 1. The average Bonchev–Trinajstić information content (AvgIpc) is 2.77. The fourth-order valence-electron chi connectivity index (χ4n) is 1.71. The predicted octanol–water partition coefficient (Wildman–Crippen LogP) is 2.15. The molecule has 0 atom stereocenters. The molecule has 2 rings (SSSR count). The Morgan fingerprint density at radius 1 is 1.35 bits per heavy atom. The maximum Gasteiger partial charge on any atom is 0.276 e. The molecule has 0 aliphatic rings. The first kappa shape index (κ1) is 13.9. The minimum Gasteiger partial charge on any atom is -0.396 e. The van der Waals surface area contributed by atoms with Gasteiger partial charge in [0, 0.05) is 24.4 Å². The standard InChI is InChI=1S/C12H11F3N4O/c1-2-19-11(9(16)5-17-19)12(20)18-6-3-7(13)10(15)8(14)4-6/h3-5H,2,16H2,1H3,(H,18,20). The van der Waals surface area contributed by atoms with Crippen molar-refractivity contribution in [2.75, 3.05) is 11.1 Å². The summed E-state index contributed by atoms with van der Waals surface area (Å²) >= 11 is 0. The molecule has 0 saturated carbocycles. The van der Waals surface area contributed by atoms with Gasteiger partial charge in [0.15, 0.2) is 17.5 Å². The van der Waals surface area contributed by atoms with Gasteiger partial charge in [-0.1, -0.05) is 0 Å². The summed E-state index contributed by atoms with van der Waals surface area (Å²) in [6.07, 6.45) is 1.30. The Morgan fingerprint density at radius 2 is 1.95 bits per heavy atom. The van der Waals surface area contributed by atoms with Crippen LogP contribution < -0.4 is 11.1 Å². The number of aromatic nitrogens is 2. The zero-order chi connectivity index (χ0) is 14.9. The van der Waals surface area contributed by atoms with Gasteiger partial charge in [-0.15, -0.1) is 0 Å². The molecule has 1 aromatic carbocycles. The Kier molecular flexibility index (Phi) is 3.64. The molecule has 1 amide bonds. The minimum atomic E-state index is -1.60. The molecule has 0 unspecified atom stereocenters. The highest BCUT2D eigenvalue weighted by Gasteiger charge is 2.18. The van der Waals surface area contributed by atoms with Crippen LogP contribution in [-0.2, 0) is 6.54 Å². The monoisotopic (exact) mass is 284 g/mol. The number of anilines is 2. The van der Waals surface area contributed by atoms with Gasteiger partial charge in [0.1, 0.15) is 5.69 Å². The lowest BCUT2D eigenvalue weighted by Crippen LogP contribution is -2.19. The second-order valence-electron chi connectivity index (χ2n) is 3.97. The van der Waals surface area contributed by atoms with Gasteiger partial charge in [-0.3, -0.25) is 9.48 Å². The van der Waals surface area contributed by atoms with Crippen molar-refractivity contribution in [1.29, 1.82) is 0 Å². The third-order valence-electron chi connectivity index (χ3n) is 2.62. The lowest BCUT2D eigenvalue weighted by molar-refractivity contribution is 0.101. The van der Waals surface area contributed by atoms with Crippen molar-refractivity contribution in [1.82, 2.24) is 9.78 Å². The van der Waals surface area contributed by atoms with E-state index in [4.69, 9.17) is 5.73 Å². The van der Waals surface area contributed by atoms with E-state index in [2.05, 4.69) is 10.4 Å². The van der Waals surface area contributed by atoms with E-state index >= 15 is 0 Å². The molecule has 0 aliphatic carbocycles. The highest BCUT2D eigenvalue weighted by Crippen LogP contribution is 2.19. The Labute approximate surface area is 112 Å². The first-order valence-corrected chi connectivity index (χ1v) is 5.71. The summed E-state index contributed by atoms with van der Waals surface area (Å²) in [5.41, 5.74) is 5.59. The SMILES string of the molecule is CCn1ncc(N)c1C(=O)Nc1cc(F)c(F)c(F)c1. The van der Waals surface area contributed by atoms with Crippen molar-refractivity contribution < 1.29 is 18.0 Å². The lowest BCUT2D eigenvalue weighted by atomic mass is 10.2. The van der Waals surface area contributed by atoms with E-state index in [1.165, 1.54) is 10.9 Å². The van der Waals surface area contributed by atoms with Crippen LogP contribution in [0.25, 0.3) is 0 Å². The maximum atomic E-state index is 13.0. The van der Waals surface area contributed by atoms with Gasteiger partial charge in [-0.25, -0.2) is 13.2 Å². The lowest BCUT2D eigenvalue weighted by Gasteiger charge is -2.08. The number of halogens is 3. The molecule has 0 saturated heterocycles. The number of rotatable bonds is 3. The van der Waals surface area contributed by atoms with Gasteiger partial charge < -0.3 is 11.1 Å². The zero-order valence-corrected chi connectivity index (χ0v) is 10.5.